The number of carbonyl (C=O) groups excluding carboxylic acids is 2. The molecule has 1 N–H and O–H groups in total. The van der Waals surface area contributed by atoms with E-state index < -0.39 is 0 Å². The molecule has 1 aliphatic heterocycles. The van der Waals surface area contributed by atoms with Crippen LogP contribution in [0.5, 0.6) is 5.75 Å². The van der Waals surface area contributed by atoms with Crippen LogP contribution in [0.2, 0.25) is 5.02 Å². The first-order valence-electron chi connectivity index (χ1n) is 11.3. The average molecular weight is 502 g/mol. The second-order valence-electron chi connectivity index (χ2n) is 8.14. The summed E-state index contributed by atoms with van der Waals surface area (Å²) < 4.78 is 11.5. The molecular weight excluding hydrogens is 474 g/mol. The first-order chi connectivity index (χ1) is 16.5. The topological polar surface area (TPSA) is 75.0 Å². The number of nitrogens with zero attached hydrogens (tertiary/aromatic N) is 2. The molecule has 0 spiro atoms. The van der Waals surface area contributed by atoms with Crippen molar-refractivity contribution in [2.24, 2.45) is 0 Å². The second kappa shape index (κ2) is 11.0. The number of amides is 3. The highest BCUT2D eigenvalue weighted by Crippen LogP contribution is 2.34. The van der Waals surface area contributed by atoms with Crippen LogP contribution in [0.15, 0.2) is 52.5 Å². The zero-order chi connectivity index (χ0) is 24.1. The SMILES string of the molecule is CCNC(=O)N(CC(=O)N1CCc2sccc2C1COc1ccc(Cl)c(C)c1)Cc1ccco1. The summed E-state index contributed by atoms with van der Waals surface area (Å²) in [7, 11) is 0. The Labute approximate surface area is 208 Å². The number of urea groups is 1. The standard InChI is InChI=1S/C25H28ClN3O4S/c1-3-27-25(31)28(14-19-5-4-11-32-19)15-24(30)29-10-8-23-20(9-12-34-23)22(29)16-33-18-6-7-21(26)17(2)13-18/h4-7,9,11-13,22H,3,8,10,14-16H2,1-2H3,(H,27,31). The first-order valence-corrected chi connectivity index (χ1v) is 12.5. The van der Waals surface area contributed by atoms with Gasteiger partial charge in [-0.3, -0.25) is 4.79 Å². The van der Waals surface area contributed by atoms with Crippen LogP contribution in [-0.4, -0.2) is 48.0 Å². The van der Waals surface area contributed by atoms with Crippen molar-refractivity contribution in [2.75, 3.05) is 26.2 Å². The number of carbonyl (C=O) groups is 2. The maximum absolute atomic E-state index is 13.5. The van der Waals surface area contributed by atoms with E-state index in [9.17, 15) is 9.59 Å². The molecule has 1 aliphatic rings. The Kier molecular flexibility index (Phi) is 7.80. The fourth-order valence-electron chi connectivity index (χ4n) is 4.06. The Morgan fingerprint density at radius 3 is 2.91 bits per heavy atom. The highest BCUT2D eigenvalue weighted by molar-refractivity contribution is 7.10. The average Bonchev–Trinajstić information content (AvgIpc) is 3.51. The number of thiophene rings is 1. The Morgan fingerprint density at radius 2 is 2.18 bits per heavy atom. The lowest BCUT2D eigenvalue weighted by molar-refractivity contribution is -0.135. The molecule has 3 amide bonds. The van der Waals surface area contributed by atoms with Gasteiger partial charge in [0.15, 0.2) is 0 Å². The lowest BCUT2D eigenvalue weighted by Crippen LogP contribution is -2.49. The van der Waals surface area contributed by atoms with E-state index in [0.29, 0.717) is 36.2 Å². The summed E-state index contributed by atoms with van der Waals surface area (Å²) >= 11 is 7.84. The van der Waals surface area contributed by atoms with Gasteiger partial charge in [-0.25, -0.2) is 4.79 Å². The molecule has 34 heavy (non-hydrogen) atoms. The van der Waals surface area contributed by atoms with E-state index in [2.05, 4.69) is 16.8 Å². The van der Waals surface area contributed by atoms with Crippen molar-refractivity contribution in [2.45, 2.75) is 32.9 Å². The maximum atomic E-state index is 13.5. The number of hydrogen-bond acceptors (Lipinski definition) is 5. The summed E-state index contributed by atoms with van der Waals surface area (Å²) in [6.45, 7) is 5.30. The van der Waals surface area contributed by atoms with E-state index in [0.717, 1.165) is 17.5 Å². The lowest BCUT2D eigenvalue weighted by Gasteiger charge is -2.37. The van der Waals surface area contributed by atoms with E-state index in [1.165, 1.54) is 9.78 Å². The number of aryl methyl sites for hydroxylation is 1. The van der Waals surface area contributed by atoms with E-state index >= 15 is 0 Å². The van der Waals surface area contributed by atoms with Gasteiger partial charge in [0.2, 0.25) is 5.91 Å². The van der Waals surface area contributed by atoms with Crippen molar-refractivity contribution in [3.63, 3.8) is 0 Å². The molecule has 3 aromatic rings. The Bertz CT molecular complexity index is 1130. The van der Waals surface area contributed by atoms with Gasteiger partial charge in [0.25, 0.3) is 0 Å². The zero-order valence-corrected chi connectivity index (χ0v) is 20.8. The number of halogens is 1. The van der Waals surface area contributed by atoms with Crippen LogP contribution in [0.25, 0.3) is 0 Å². The summed E-state index contributed by atoms with van der Waals surface area (Å²) in [5, 5.41) is 5.52. The third kappa shape index (κ3) is 5.56. The van der Waals surface area contributed by atoms with Gasteiger partial charge in [0.1, 0.15) is 24.7 Å². The quantitative estimate of drug-likeness (QED) is 0.469. The molecule has 1 atom stereocenters. The molecule has 0 aliphatic carbocycles. The fraction of sp³-hybridized carbons (Fsp3) is 0.360. The predicted molar refractivity (Wildman–Crippen MR) is 132 cm³/mol. The van der Waals surface area contributed by atoms with Gasteiger partial charge in [0.05, 0.1) is 18.8 Å². The normalized spacial score (nSPS) is 15.0. The molecule has 2 aromatic heterocycles. The number of ether oxygens (including phenoxy) is 1. The van der Waals surface area contributed by atoms with Gasteiger partial charge in [-0.15, -0.1) is 11.3 Å². The zero-order valence-electron chi connectivity index (χ0n) is 19.3. The van der Waals surface area contributed by atoms with Gasteiger partial charge in [-0.2, -0.15) is 0 Å². The molecule has 7 nitrogen and oxygen atoms in total. The molecule has 3 heterocycles. The van der Waals surface area contributed by atoms with Crippen molar-refractivity contribution < 1.29 is 18.7 Å². The van der Waals surface area contributed by atoms with Crippen LogP contribution < -0.4 is 10.1 Å². The molecule has 0 saturated heterocycles. The molecule has 0 bridgehead atoms. The molecule has 4 rings (SSSR count). The summed E-state index contributed by atoms with van der Waals surface area (Å²) in [4.78, 5) is 30.7. The number of rotatable bonds is 8. The van der Waals surface area contributed by atoms with Gasteiger partial charge in [-0.05, 0) is 73.2 Å². The summed E-state index contributed by atoms with van der Waals surface area (Å²) in [5.74, 6) is 1.20. The van der Waals surface area contributed by atoms with E-state index in [4.69, 9.17) is 20.8 Å². The smallest absolute Gasteiger partial charge is 0.318 e. The molecule has 180 valence electrons. The van der Waals surface area contributed by atoms with E-state index in [1.807, 2.05) is 36.9 Å². The van der Waals surface area contributed by atoms with Crippen LogP contribution in [0.3, 0.4) is 0 Å². The van der Waals surface area contributed by atoms with Crippen molar-refractivity contribution in [1.82, 2.24) is 15.1 Å². The minimum atomic E-state index is -0.301. The fourth-order valence-corrected chi connectivity index (χ4v) is 5.11. The van der Waals surface area contributed by atoms with Crippen molar-refractivity contribution in [3.05, 3.63) is 74.8 Å². The Hall–Kier alpha value is -2.97. The number of furan rings is 1. The summed E-state index contributed by atoms with van der Waals surface area (Å²) in [6.07, 6.45) is 2.34. The lowest BCUT2D eigenvalue weighted by atomic mass is 10.0. The van der Waals surface area contributed by atoms with Gasteiger partial charge < -0.3 is 24.3 Å². The molecule has 1 aromatic carbocycles. The second-order valence-corrected chi connectivity index (χ2v) is 9.55. The minimum Gasteiger partial charge on any atom is -0.491 e. The molecule has 0 fully saturated rings. The van der Waals surface area contributed by atoms with Crippen LogP contribution in [0.1, 0.15) is 34.7 Å². The van der Waals surface area contributed by atoms with E-state index in [-0.39, 0.29) is 31.1 Å². The van der Waals surface area contributed by atoms with Crippen LogP contribution in [0.4, 0.5) is 4.79 Å². The Balaban J connectivity index is 1.51. The van der Waals surface area contributed by atoms with Crippen LogP contribution in [-0.2, 0) is 17.8 Å². The summed E-state index contributed by atoms with van der Waals surface area (Å²) in [5.41, 5.74) is 2.04. The predicted octanol–water partition coefficient (Wildman–Crippen LogP) is 5.04. The largest absolute Gasteiger partial charge is 0.491 e. The number of benzene rings is 1. The number of nitrogens with one attached hydrogen (secondary N) is 1. The van der Waals surface area contributed by atoms with E-state index in [1.54, 1.807) is 29.7 Å². The van der Waals surface area contributed by atoms with Gasteiger partial charge >= 0.3 is 6.03 Å². The van der Waals surface area contributed by atoms with Crippen molar-refractivity contribution in [1.29, 1.82) is 0 Å². The molecule has 1 unspecified atom stereocenters. The Morgan fingerprint density at radius 1 is 1.32 bits per heavy atom. The summed E-state index contributed by atoms with van der Waals surface area (Å²) in [6, 6.07) is 10.6. The number of hydrogen-bond donors (Lipinski definition) is 1. The third-order valence-corrected chi connectivity index (χ3v) is 7.24. The monoisotopic (exact) mass is 501 g/mol. The number of fused-ring (bicyclic) bond motifs is 1. The van der Waals surface area contributed by atoms with Crippen LogP contribution in [0, 0.1) is 6.92 Å². The van der Waals surface area contributed by atoms with Crippen molar-refractivity contribution in [3.8, 4) is 5.75 Å². The highest BCUT2D eigenvalue weighted by Gasteiger charge is 2.33. The van der Waals surface area contributed by atoms with Crippen LogP contribution >= 0.6 is 22.9 Å². The minimum absolute atomic E-state index is 0.0530. The molecule has 0 saturated carbocycles. The third-order valence-electron chi connectivity index (χ3n) is 5.82. The molecule has 9 heteroatoms. The van der Waals surface area contributed by atoms with Crippen molar-refractivity contribution >= 4 is 34.9 Å². The maximum Gasteiger partial charge on any atom is 0.318 e. The highest BCUT2D eigenvalue weighted by atomic mass is 35.5. The molecule has 0 radical (unpaired) electrons. The van der Waals surface area contributed by atoms with Gasteiger partial charge in [0, 0.05) is 23.0 Å². The molecular formula is C25H28ClN3O4S. The van der Waals surface area contributed by atoms with Gasteiger partial charge in [-0.1, -0.05) is 11.6 Å². The first kappa shape index (κ1) is 24.2.